The number of hydrogen-bond donors (Lipinski definition) is 0. The Bertz CT molecular complexity index is 207. The van der Waals surface area contributed by atoms with E-state index in [1.54, 1.807) is 13.8 Å². The molecule has 0 radical (unpaired) electrons. The fraction of sp³-hybridized carbons (Fsp3) is 0.667. The molecule has 12 heavy (non-hydrogen) atoms. The van der Waals surface area contributed by atoms with E-state index >= 15 is 0 Å². The molecule has 0 saturated carbocycles. The van der Waals surface area contributed by atoms with Crippen molar-refractivity contribution in [1.82, 2.24) is 0 Å². The molecular weight excluding hydrogens is 172 g/mol. The second kappa shape index (κ2) is 5.25. The van der Waals surface area contributed by atoms with Gasteiger partial charge in [-0.3, -0.25) is 9.59 Å². The van der Waals surface area contributed by atoms with Crippen LogP contribution in [0.3, 0.4) is 0 Å². The molecule has 0 aromatic heterocycles. The van der Waals surface area contributed by atoms with Gasteiger partial charge >= 0.3 is 0 Å². The monoisotopic (exact) mass is 188 g/mol. The minimum Gasteiger partial charge on any atom is -0.294 e. The summed E-state index contributed by atoms with van der Waals surface area (Å²) in [6.45, 7) is 3.58. The lowest BCUT2D eigenvalue weighted by molar-refractivity contribution is -0.116. The van der Waals surface area contributed by atoms with E-state index in [1.807, 2.05) is 12.5 Å². The predicted octanol–water partition coefficient (Wildman–Crippen LogP) is 1.65. The standard InChI is InChI=1S/C9H16O2S/c1-5-7(10)9(12(3)4)8(11)6-2/h5-6H2,1-4H3. The Morgan fingerprint density at radius 3 is 1.50 bits per heavy atom. The van der Waals surface area contributed by atoms with E-state index < -0.39 is 0 Å². The Morgan fingerprint density at radius 2 is 1.33 bits per heavy atom. The first-order chi connectivity index (χ1) is 5.54. The van der Waals surface area contributed by atoms with E-state index in [0.717, 1.165) is 0 Å². The van der Waals surface area contributed by atoms with Crippen LogP contribution in [0.4, 0.5) is 0 Å². The van der Waals surface area contributed by atoms with Gasteiger partial charge in [0.05, 0.1) is 4.86 Å². The molecule has 0 amide bonds. The molecule has 70 valence electrons. The summed E-state index contributed by atoms with van der Waals surface area (Å²) >= 11 is 0. The quantitative estimate of drug-likeness (QED) is 0.496. The number of carbonyl (C=O) groups is 2. The largest absolute Gasteiger partial charge is 0.294 e. The Hall–Kier alpha value is -0.440. The van der Waals surface area contributed by atoms with Crippen molar-refractivity contribution in [3.63, 3.8) is 0 Å². The van der Waals surface area contributed by atoms with Gasteiger partial charge in [0.25, 0.3) is 0 Å². The predicted molar refractivity (Wildman–Crippen MR) is 55.0 cm³/mol. The highest BCUT2D eigenvalue weighted by Gasteiger charge is 2.15. The van der Waals surface area contributed by atoms with Gasteiger partial charge in [0.1, 0.15) is 0 Å². The van der Waals surface area contributed by atoms with Crippen LogP contribution in [-0.2, 0) is 9.59 Å². The zero-order valence-corrected chi connectivity index (χ0v) is 8.96. The van der Waals surface area contributed by atoms with Crippen molar-refractivity contribution in [1.29, 1.82) is 0 Å². The van der Waals surface area contributed by atoms with E-state index in [4.69, 9.17) is 0 Å². The van der Waals surface area contributed by atoms with Crippen LogP contribution in [0.25, 0.3) is 0 Å². The third-order valence-corrected chi connectivity index (χ3v) is 2.83. The van der Waals surface area contributed by atoms with Gasteiger partial charge in [-0.2, -0.15) is 10.5 Å². The van der Waals surface area contributed by atoms with E-state index in [9.17, 15) is 9.59 Å². The lowest BCUT2D eigenvalue weighted by Crippen LogP contribution is -2.22. The lowest BCUT2D eigenvalue weighted by atomic mass is 10.1. The molecule has 0 heterocycles. The summed E-state index contributed by atoms with van der Waals surface area (Å²) in [7, 11) is -0.196. The minimum absolute atomic E-state index is 0.00943. The summed E-state index contributed by atoms with van der Waals surface area (Å²) in [6.07, 6.45) is 4.70. The van der Waals surface area contributed by atoms with Gasteiger partial charge in [-0.05, 0) is 12.5 Å². The molecule has 0 bridgehead atoms. The highest BCUT2D eigenvalue weighted by molar-refractivity contribution is 8.16. The van der Waals surface area contributed by atoms with E-state index in [-0.39, 0.29) is 22.1 Å². The van der Waals surface area contributed by atoms with Gasteiger partial charge in [0.2, 0.25) is 0 Å². The first kappa shape index (κ1) is 11.6. The molecule has 0 unspecified atom stereocenters. The van der Waals surface area contributed by atoms with Crippen LogP contribution < -0.4 is 0 Å². The topological polar surface area (TPSA) is 34.1 Å². The van der Waals surface area contributed by atoms with Crippen molar-refractivity contribution in [2.75, 3.05) is 12.5 Å². The van der Waals surface area contributed by atoms with Gasteiger partial charge in [0, 0.05) is 12.8 Å². The average molecular weight is 188 g/mol. The van der Waals surface area contributed by atoms with Gasteiger partial charge in [-0.25, -0.2) is 0 Å². The fourth-order valence-electron chi connectivity index (χ4n) is 0.932. The van der Waals surface area contributed by atoms with Crippen LogP contribution in [0.5, 0.6) is 0 Å². The Labute approximate surface area is 76.3 Å². The molecular formula is C9H16O2S. The maximum Gasteiger partial charge on any atom is 0.171 e. The van der Waals surface area contributed by atoms with E-state index in [2.05, 4.69) is 0 Å². The van der Waals surface area contributed by atoms with Crippen molar-refractivity contribution in [2.24, 2.45) is 0 Å². The second-order valence-electron chi connectivity index (χ2n) is 2.70. The van der Waals surface area contributed by atoms with Crippen molar-refractivity contribution in [3.05, 3.63) is 0 Å². The van der Waals surface area contributed by atoms with Gasteiger partial charge in [-0.1, -0.05) is 13.8 Å². The van der Waals surface area contributed by atoms with Gasteiger partial charge < -0.3 is 0 Å². The van der Waals surface area contributed by atoms with Crippen LogP contribution in [0.2, 0.25) is 0 Å². The lowest BCUT2D eigenvalue weighted by Gasteiger charge is -2.04. The number of rotatable bonds is 4. The van der Waals surface area contributed by atoms with Crippen LogP contribution in [0.15, 0.2) is 0 Å². The number of hydrogen-bond acceptors (Lipinski definition) is 2. The summed E-state index contributed by atoms with van der Waals surface area (Å²) in [5.41, 5.74) is 0. The third kappa shape index (κ3) is 2.89. The van der Waals surface area contributed by atoms with E-state index in [1.165, 1.54) is 0 Å². The number of carbonyl (C=O) groups excluding carboxylic acids is 2. The SMILES string of the molecule is CCC(=O)C(C(=O)CC)=S(C)C. The number of Topliss-reactive ketones (excluding diaryl/α,β-unsaturated/α-hetero) is 2. The van der Waals surface area contributed by atoms with Crippen molar-refractivity contribution in [3.8, 4) is 0 Å². The fourth-order valence-corrected chi connectivity index (χ4v) is 2.13. The first-order valence-corrected chi connectivity index (χ1v) is 6.09. The molecule has 3 heteroatoms. The van der Waals surface area contributed by atoms with Crippen molar-refractivity contribution >= 4 is 26.9 Å². The van der Waals surface area contributed by atoms with Crippen molar-refractivity contribution < 1.29 is 9.59 Å². The second-order valence-corrected chi connectivity index (χ2v) is 4.74. The molecule has 0 aliphatic carbocycles. The smallest absolute Gasteiger partial charge is 0.171 e. The Kier molecular flexibility index (Phi) is 5.06. The van der Waals surface area contributed by atoms with Crippen LogP contribution in [0.1, 0.15) is 26.7 Å². The molecule has 0 rings (SSSR count). The molecule has 2 nitrogen and oxygen atoms in total. The molecule has 0 saturated heterocycles. The van der Waals surface area contributed by atoms with Crippen LogP contribution >= 0.6 is 10.5 Å². The molecule has 0 atom stereocenters. The van der Waals surface area contributed by atoms with E-state index in [0.29, 0.717) is 17.7 Å². The molecule has 0 fully saturated rings. The maximum atomic E-state index is 11.3. The summed E-state index contributed by atoms with van der Waals surface area (Å²) < 4.78 is 0. The Balaban J connectivity index is 4.83. The molecule has 0 aliphatic heterocycles. The summed E-state index contributed by atoms with van der Waals surface area (Å²) in [5.74, 6) is 0.0189. The van der Waals surface area contributed by atoms with Crippen molar-refractivity contribution in [2.45, 2.75) is 26.7 Å². The molecule has 0 aromatic carbocycles. The summed E-state index contributed by atoms with van der Waals surface area (Å²) in [5, 5.41) is 0. The molecule has 0 spiro atoms. The normalized spacial score (nSPS) is 10.1. The highest BCUT2D eigenvalue weighted by Crippen LogP contribution is 2.07. The zero-order chi connectivity index (χ0) is 9.72. The van der Waals surface area contributed by atoms with Gasteiger partial charge in [-0.15, -0.1) is 0 Å². The average Bonchev–Trinajstić information content (AvgIpc) is 2.03. The van der Waals surface area contributed by atoms with Crippen LogP contribution in [-0.4, -0.2) is 28.9 Å². The summed E-state index contributed by atoms with van der Waals surface area (Å²) in [6, 6.07) is 0. The minimum atomic E-state index is -0.196. The third-order valence-electron chi connectivity index (χ3n) is 1.56. The number of ketones is 2. The summed E-state index contributed by atoms with van der Waals surface area (Å²) in [4.78, 5) is 23.1. The molecule has 0 N–H and O–H groups in total. The Morgan fingerprint density at radius 1 is 1.00 bits per heavy atom. The maximum absolute atomic E-state index is 11.3. The molecule has 0 aromatic rings. The first-order valence-electron chi connectivity index (χ1n) is 4.05. The van der Waals surface area contributed by atoms with Crippen LogP contribution in [0, 0.1) is 0 Å². The molecule has 0 aliphatic rings. The zero-order valence-electron chi connectivity index (χ0n) is 8.14. The highest BCUT2D eigenvalue weighted by atomic mass is 32.2. The van der Waals surface area contributed by atoms with Gasteiger partial charge in [0.15, 0.2) is 11.6 Å².